The number of hydrogen-bond donors (Lipinski definition) is 0. The van der Waals surface area contributed by atoms with Gasteiger partial charge in [-0.1, -0.05) is 128 Å². The summed E-state index contributed by atoms with van der Waals surface area (Å²) in [6.07, 6.45) is 31.9. The molecule has 0 bridgehead atoms. The third-order valence-electron chi connectivity index (χ3n) is 8.57. The molecule has 0 saturated carbocycles. The van der Waals surface area contributed by atoms with E-state index in [0.29, 0.717) is 12.8 Å². The Morgan fingerprint density at radius 1 is 0.625 bits per heavy atom. The van der Waals surface area contributed by atoms with E-state index >= 15 is 0 Å². The summed E-state index contributed by atoms with van der Waals surface area (Å²) in [5.41, 5.74) is 0. The van der Waals surface area contributed by atoms with Gasteiger partial charge in [0.05, 0.1) is 40.3 Å². The van der Waals surface area contributed by atoms with Gasteiger partial charge in [0.1, 0.15) is 12.6 Å². The molecule has 0 fully saturated rings. The van der Waals surface area contributed by atoms with Crippen molar-refractivity contribution < 1.29 is 38.2 Å². The fourth-order valence-electron chi connectivity index (χ4n) is 5.52. The standard InChI is InChI=1S/C40H73NO7/c1-6-8-10-12-14-16-18-19-21-23-25-27-29-31-39(43)48-36(34-46-33-32-37(40(44)45)41(3,4)5)35-47-38(42)30-28-26-24-22-20-17-15-13-11-9-7-2/h10,12,16,18,36-37H,6-9,11,13-15,17,19-35H2,1-5H3/b12-10-,18-16-. The molecule has 0 aromatic carbocycles. The van der Waals surface area contributed by atoms with Crippen LogP contribution in [-0.4, -0.2) is 75.5 Å². The van der Waals surface area contributed by atoms with Crippen LogP contribution in [0.2, 0.25) is 0 Å². The Balaban J connectivity index is 4.44. The van der Waals surface area contributed by atoms with Crippen molar-refractivity contribution in [3.05, 3.63) is 24.3 Å². The monoisotopic (exact) mass is 680 g/mol. The fourth-order valence-corrected chi connectivity index (χ4v) is 5.52. The number of carboxylic acid groups (broad SMARTS) is 1. The van der Waals surface area contributed by atoms with Crippen LogP contribution in [0.25, 0.3) is 0 Å². The number of carbonyl (C=O) groups is 3. The molecular weight excluding hydrogens is 606 g/mol. The van der Waals surface area contributed by atoms with Crippen molar-refractivity contribution in [2.45, 2.75) is 174 Å². The molecule has 0 aromatic heterocycles. The zero-order valence-corrected chi connectivity index (χ0v) is 31.7. The molecule has 0 heterocycles. The lowest BCUT2D eigenvalue weighted by molar-refractivity contribution is -0.889. The van der Waals surface area contributed by atoms with Gasteiger partial charge in [-0.3, -0.25) is 9.59 Å². The quantitative estimate of drug-likeness (QED) is 0.0291. The summed E-state index contributed by atoms with van der Waals surface area (Å²) in [6.45, 7) is 4.56. The number of carboxylic acids is 1. The topological polar surface area (TPSA) is 102 Å². The van der Waals surface area contributed by atoms with Gasteiger partial charge in [0.15, 0.2) is 6.10 Å². The first-order valence-electron chi connectivity index (χ1n) is 19.4. The van der Waals surface area contributed by atoms with E-state index in [4.69, 9.17) is 14.2 Å². The summed E-state index contributed by atoms with van der Waals surface area (Å²) in [5.74, 6) is -1.75. The predicted molar refractivity (Wildman–Crippen MR) is 194 cm³/mol. The van der Waals surface area contributed by atoms with Gasteiger partial charge in [0, 0.05) is 19.3 Å². The number of likely N-dealkylation sites (N-methyl/N-ethyl adjacent to an activating group) is 1. The maximum absolute atomic E-state index is 12.6. The fraction of sp³-hybridized carbons (Fsp3) is 0.825. The van der Waals surface area contributed by atoms with E-state index < -0.39 is 18.1 Å². The van der Waals surface area contributed by atoms with Gasteiger partial charge in [0.2, 0.25) is 0 Å². The second-order valence-electron chi connectivity index (χ2n) is 14.2. The number of nitrogens with zero attached hydrogens (tertiary/aromatic N) is 1. The molecule has 2 unspecified atom stereocenters. The molecule has 0 aliphatic carbocycles. The van der Waals surface area contributed by atoms with Gasteiger partial charge in [-0.25, -0.2) is 0 Å². The molecule has 0 amide bonds. The predicted octanol–water partition coefficient (Wildman–Crippen LogP) is 8.41. The van der Waals surface area contributed by atoms with Gasteiger partial charge < -0.3 is 28.6 Å². The van der Waals surface area contributed by atoms with Gasteiger partial charge in [-0.05, 0) is 38.5 Å². The first-order chi connectivity index (χ1) is 23.1. The molecule has 0 saturated heterocycles. The molecule has 8 heteroatoms. The average molecular weight is 680 g/mol. The third-order valence-corrected chi connectivity index (χ3v) is 8.57. The molecule has 2 atom stereocenters. The van der Waals surface area contributed by atoms with Crippen molar-refractivity contribution >= 4 is 17.9 Å². The Hall–Kier alpha value is -2.19. The summed E-state index contributed by atoms with van der Waals surface area (Å²) in [7, 11) is 5.39. The zero-order chi connectivity index (χ0) is 35.7. The summed E-state index contributed by atoms with van der Waals surface area (Å²) in [4.78, 5) is 36.6. The second-order valence-corrected chi connectivity index (χ2v) is 14.2. The summed E-state index contributed by atoms with van der Waals surface area (Å²) in [6, 6.07) is -0.724. The number of hydrogen-bond acceptors (Lipinski definition) is 7. The molecule has 8 nitrogen and oxygen atoms in total. The van der Waals surface area contributed by atoms with Crippen LogP contribution in [0.5, 0.6) is 0 Å². The average Bonchev–Trinajstić information content (AvgIpc) is 3.03. The molecule has 280 valence electrons. The maximum Gasteiger partial charge on any atom is 0.306 e. The van der Waals surface area contributed by atoms with Crippen LogP contribution in [0.4, 0.5) is 0 Å². The van der Waals surface area contributed by atoms with Gasteiger partial charge in [0.25, 0.3) is 0 Å². The van der Waals surface area contributed by atoms with Gasteiger partial charge in [-0.15, -0.1) is 0 Å². The number of unbranched alkanes of at least 4 members (excludes halogenated alkanes) is 16. The number of rotatable bonds is 34. The Bertz CT molecular complexity index is 849. The van der Waals surface area contributed by atoms with Crippen molar-refractivity contribution in [3.63, 3.8) is 0 Å². The van der Waals surface area contributed by atoms with E-state index in [0.717, 1.165) is 70.6 Å². The summed E-state index contributed by atoms with van der Waals surface area (Å²) in [5, 5.41) is 11.6. The first-order valence-corrected chi connectivity index (χ1v) is 19.4. The van der Waals surface area contributed by atoms with Crippen molar-refractivity contribution in [3.8, 4) is 0 Å². The van der Waals surface area contributed by atoms with E-state index in [2.05, 4.69) is 38.2 Å². The molecule has 0 spiro atoms. The lowest BCUT2D eigenvalue weighted by Gasteiger charge is -2.34. The summed E-state index contributed by atoms with van der Waals surface area (Å²) >= 11 is 0. The third kappa shape index (κ3) is 29.9. The molecule has 0 radical (unpaired) electrons. The van der Waals surface area contributed by atoms with Crippen LogP contribution in [-0.2, 0) is 28.6 Å². The van der Waals surface area contributed by atoms with Crippen molar-refractivity contribution in [2.75, 3.05) is 41.0 Å². The lowest BCUT2D eigenvalue weighted by Crippen LogP contribution is -2.55. The number of ether oxygens (including phenoxy) is 3. The lowest BCUT2D eigenvalue weighted by atomic mass is 10.1. The number of quaternary nitrogens is 1. The summed E-state index contributed by atoms with van der Waals surface area (Å²) < 4.78 is 17.1. The molecule has 0 aliphatic heterocycles. The number of aliphatic carboxylic acids is 1. The van der Waals surface area contributed by atoms with Crippen molar-refractivity contribution in [2.24, 2.45) is 0 Å². The Morgan fingerprint density at radius 2 is 1.15 bits per heavy atom. The van der Waals surface area contributed by atoms with Crippen LogP contribution in [0.3, 0.4) is 0 Å². The minimum Gasteiger partial charge on any atom is -0.544 e. The normalized spacial score (nSPS) is 13.3. The second kappa shape index (κ2) is 32.0. The molecule has 0 N–H and O–H groups in total. The minimum atomic E-state index is -1.13. The number of allylic oxidation sites excluding steroid dienone is 4. The van der Waals surface area contributed by atoms with E-state index in [-0.39, 0.29) is 42.7 Å². The van der Waals surface area contributed by atoms with Crippen LogP contribution in [0.1, 0.15) is 162 Å². The number of carbonyl (C=O) groups excluding carboxylic acids is 3. The van der Waals surface area contributed by atoms with E-state index in [9.17, 15) is 19.5 Å². The van der Waals surface area contributed by atoms with Crippen LogP contribution in [0.15, 0.2) is 24.3 Å². The number of esters is 2. The molecular formula is C40H73NO7. The molecule has 0 aliphatic rings. The highest BCUT2D eigenvalue weighted by Crippen LogP contribution is 2.14. The zero-order valence-electron chi connectivity index (χ0n) is 31.7. The van der Waals surface area contributed by atoms with E-state index in [1.807, 2.05) is 0 Å². The van der Waals surface area contributed by atoms with Crippen molar-refractivity contribution in [1.82, 2.24) is 0 Å². The largest absolute Gasteiger partial charge is 0.544 e. The van der Waals surface area contributed by atoms with Gasteiger partial charge >= 0.3 is 11.9 Å². The van der Waals surface area contributed by atoms with Crippen LogP contribution < -0.4 is 5.11 Å². The Morgan fingerprint density at radius 3 is 1.69 bits per heavy atom. The molecule has 0 rings (SSSR count). The SMILES string of the molecule is CCC/C=C\C/C=C\CCCCCCCC(=O)OC(COCCC(C(=O)[O-])[N+](C)(C)C)COC(=O)CCCCCCCCCCCCC. The Labute approximate surface area is 294 Å². The van der Waals surface area contributed by atoms with Gasteiger partial charge in [-0.2, -0.15) is 0 Å². The maximum atomic E-state index is 12.6. The highest BCUT2D eigenvalue weighted by molar-refractivity contribution is 5.70. The smallest absolute Gasteiger partial charge is 0.306 e. The highest BCUT2D eigenvalue weighted by atomic mass is 16.6. The Kier molecular flexibility index (Phi) is 30.6. The minimum absolute atomic E-state index is 0.0380. The first kappa shape index (κ1) is 45.8. The van der Waals surface area contributed by atoms with Crippen LogP contribution in [0, 0.1) is 0 Å². The highest BCUT2D eigenvalue weighted by Gasteiger charge is 2.25. The molecule has 48 heavy (non-hydrogen) atoms. The van der Waals surface area contributed by atoms with E-state index in [1.54, 1.807) is 21.1 Å². The van der Waals surface area contributed by atoms with Crippen molar-refractivity contribution in [1.29, 1.82) is 0 Å². The van der Waals surface area contributed by atoms with E-state index in [1.165, 1.54) is 57.8 Å². The van der Waals surface area contributed by atoms with Crippen LogP contribution >= 0.6 is 0 Å². The molecule has 0 aromatic rings.